The van der Waals surface area contributed by atoms with Crippen LogP contribution in [0.5, 0.6) is 5.75 Å². The molecule has 28 heavy (non-hydrogen) atoms. The zero-order chi connectivity index (χ0) is 20.1. The molecular formula is C19H23N5O3S. The Morgan fingerprint density at radius 3 is 2.68 bits per heavy atom. The second-order valence-electron chi connectivity index (χ2n) is 6.44. The van der Waals surface area contributed by atoms with Gasteiger partial charge in [-0.2, -0.15) is 8.75 Å². The summed E-state index contributed by atoms with van der Waals surface area (Å²) in [5.74, 6) is 1.38. The minimum absolute atomic E-state index is 0.176. The summed E-state index contributed by atoms with van der Waals surface area (Å²) in [7, 11) is 7.12. The third-order valence-corrected chi connectivity index (χ3v) is 4.78. The van der Waals surface area contributed by atoms with Gasteiger partial charge in [0.2, 0.25) is 0 Å². The van der Waals surface area contributed by atoms with Gasteiger partial charge in [0.1, 0.15) is 11.6 Å². The van der Waals surface area contributed by atoms with E-state index in [9.17, 15) is 4.79 Å². The molecule has 9 heteroatoms. The Morgan fingerprint density at radius 2 is 2.04 bits per heavy atom. The Labute approximate surface area is 168 Å². The molecule has 3 aromatic rings. The third-order valence-electron chi connectivity index (χ3n) is 4.30. The topological polar surface area (TPSA) is 80.7 Å². The first kappa shape index (κ1) is 20.0. The summed E-state index contributed by atoms with van der Waals surface area (Å²) in [6.07, 6.45) is 1.49. The average Bonchev–Trinajstić information content (AvgIpc) is 3.24. The van der Waals surface area contributed by atoms with Crippen molar-refractivity contribution in [2.24, 2.45) is 0 Å². The number of carbonyl (C=O) groups is 1. The third kappa shape index (κ3) is 4.37. The molecule has 0 aliphatic carbocycles. The van der Waals surface area contributed by atoms with Gasteiger partial charge in [-0.05, 0) is 18.2 Å². The van der Waals surface area contributed by atoms with E-state index in [4.69, 9.17) is 14.5 Å². The molecule has 148 valence electrons. The molecule has 8 nitrogen and oxygen atoms in total. The highest BCUT2D eigenvalue weighted by atomic mass is 32.1. The van der Waals surface area contributed by atoms with Gasteiger partial charge in [0.25, 0.3) is 5.91 Å². The number of hydrogen-bond acceptors (Lipinski definition) is 8. The van der Waals surface area contributed by atoms with Gasteiger partial charge in [0.15, 0.2) is 5.69 Å². The number of hydrogen-bond donors (Lipinski definition) is 0. The van der Waals surface area contributed by atoms with E-state index < -0.39 is 0 Å². The Balaban J connectivity index is 1.98. The summed E-state index contributed by atoms with van der Waals surface area (Å²) >= 11 is 1.02. The first-order valence-electron chi connectivity index (χ1n) is 8.74. The van der Waals surface area contributed by atoms with Crippen molar-refractivity contribution >= 4 is 34.4 Å². The minimum Gasteiger partial charge on any atom is -0.497 e. The van der Waals surface area contributed by atoms with Crippen LogP contribution in [0, 0.1) is 0 Å². The van der Waals surface area contributed by atoms with Gasteiger partial charge in [-0.25, -0.2) is 4.98 Å². The maximum absolute atomic E-state index is 12.9. The van der Waals surface area contributed by atoms with Crippen LogP contribution in [0.4, 0.5) is 5.82 Å². The molecule has 0 spiro atoms. The summed E-state index contributed by atoms with van der Waals surface area (Å²) in [5.41, 5.74) is 2.12. The number of amides is 1. The second-order valence-corrected chi connectivity index (χ2v) is 6.99. The van der Waals surface area contributed by atoms with Crippen LogP contribution in [0.15, 0.2) is 30.5 Å². The van der Waals surface area contributed by atoms with Gasteiger partial charge in [0.05, 0.1) is 37.2 Å². The smallest absolute Gasteiger partial charge is 0.275 e. The lowest BCUT2D eigenvalue weighted by Crippen LogP contribution is -2.34. The van der Waals surface area contributed by atoms with E-state index in [1.165, 1.54) is 6.20 Å². The Hall–Kier alpha value is -2.78. The summed E-state index contributed by atoms with van der Waals surface area (Å²) in [6, 6.07) is 7.83. The van der Waals surface area contributed by atoms with Gasteiger partial charge in [0, 0.05) is 51.3 Å². The molecule has 0 saturated carbocycles. The van der Waals surface area contributed by atoms with Crippen molar-refractivity contribution in [2.45, 2.75) is 6.54 Å². The van der Waals surface area contributed by atoms with E-state index in [1.54, 1.807) is 19.1 Å². The molecule has 1 aromatic carbocycles. The van der Waals surface area contributed by atoms with Gasteiger partial charge in [-0.15, -0.1) is 0 Å². The quantitative estimate of drug-likeness (QED) is 0.573. The van der Waals surface area contributed by atoms with Crippen LogP contribution >= 0.6 is 11.7 Å². The number of benzene rings is 1. The lowest BCUT2D eigenvalue weighted by molar-refractivity contribution is 0.0676. The SMILES string of the molecule is COCCN(Cc1cc2ccc(OC)cc2nc1N(C)C)C(=O)c1cnsn1. The van der Waals surface area contributed by atoms with E-state index in [1.807, 2.05) is 37.2 Å². The highest BCUT2D eigenvalue weighted by molar-refractivity contribution is 6.99. The van der Waals surface area contributed by atoms with Crippen molar-refractivity contribution in [3.05, 3.63) is 41.7 Å². The van der Waals surface area contributed by atoms with Crippen LogP contribution in [0.25, 0.3) is 10.9 Å². The Bertz CT molecular complexity index is 946. The molecule has 0 aliphatic rings. The van der Waals surface area contributed by atoms with Gasteiger partial charge in [-0.1, -0.05) is 0 Å². The molecule has 2 heterocycles. The molecule has 0 atom stereocenters. The average molecular weight is 401 g/mol. The summed E-state index contributed by atoms with van der Waals surface area (Å²) in [6.45, 7) is 1.27. The zero-order valence-corrected chi connectivity index (χ0v) is 17.2. The predicted octanol–water partition coefficient (Wildman–Crippen LogP) is 2.45. The number of fused-ring (bicyclic) bond motifs is 1. The number of nitrogens with zero attached hydrogens (tertiary/aromatic N) is 5. The largest absolute Gasteiger partial charge is 0.497 e. The van der Waals surface area contributed by atoms with Crippen molar-refractivity contribution in [1.29, 1.82) is 0 Å². The monoisotopic (exact) mass is 401 g/mol. The lowest BCUT2D eigenvalue weighted by atomic mass is 10.1. The number of methoxy groups -OCH3 is 2. The highest BCUT2D eigenvalue weighted by Gasteiger charge is 2.21. The van der Waals surface area contributed by atoms with Gasteiger partial charge < -0.3 is 19.3 Å². The highest BCUT2D eigenvalue weighted by Crippen LogP contribution is 2.27. The number of carbonyl (C=O) groups excluding carboxylic acids is 1. The van der Waals surface area contributed by atoms with Crippen LogP contribution in [0.1, 0.15) is 16.1 Å². The number of anilines is 1. The molecule has 0 N–H and O–H groups in total. The molecule has 0 radical (unpaired) electrons. The summed E-state index contributed by atoms with van der Waals surface area (Å²) in [4.78, 5) is 21.3. The summed E-state index contributed by atoms with van der Waals surface area (Å²) < 4.78 is 18.5. The molecule has 0 bridgehead atoms. The first-order chi connectivity index (χ1) is 13.5. The van der Waals surface area contributed by atoms with E-state index in [2.05, 4.69) is 14.8 Å². The molecule has 1 amide bonds. The van der Waals surface area contributed by atoms with Crippen molar-refractivity contribution in [1.82, 2.24) is 18.6 Å². The lowest BCUT2D eigenvalue weighted by Gasteiger charge is -2.24. The van der Waals surface area contributed by atoms with Crippen molar-refractivity contribution in [2.75, 3.05) is 46.4 Å². The predicted molar refractivity (Wildman–Crippen MR) is 109 cm³/mol. The number of aromatic nitrogens is 3. The summed E-state index contributed by atoms with van der Waals surface area (Å²) in [5, 5.41) is 0.982. The van der Waals surface area contributed by atoms with Crippen LogP contribution in [0.2, 0.25) is 0 Å². The maximum atomic E-state index is 12.9. The van der Waals surface area contributed by atoms with Crippen LogP contribution in [-0.4, -0.2) is 66.0 Å². The number of pyridine rings is 1. The molecule has 0 fully saturated rings. The van der Waals surface area contributed by atoms with Crippen LogP contribution < -0.4 is 9.64 Å². The number of rotatable bonds is 8. The van der Waals surface area contributed by atoms with E-state index in [0.29, 0.717) is 25.4 Å². The zero-order valence-electron chi connectivity index (χ0n) is 16.4. The molecule has 2 aromatic heterocycles. The molecule has 0 aliphatic heterocycles. The normalized spacial score (nSPS) is 10.9. The molecule has 0 unspecified atom stereocenters. The van der Waals surface area contributed by atoms with E-state index >= 15 is 0 Å². The van der Waals surface area contributed by atoms with Gasteiger partial charge in [-0.3, -0.25) is 4.79 Å². The van der Waals surface area contributed by atoms with Crippen LogP contribution in [0.3, 0.4) is 0 Å². The molecule has 0 saturated heterocycles. The van der Waals surface area contributed by atoms with Gasteiger partial charge >= 0.3 is 0 Å². The fraction of sp³-hybridized carbons (Fsp3) is 0.368. The Morgan fingerprint density at radius 1 is 1.21 bits per heavy atom. The van der Waals surface area contributed by atoms with Crippen molar-refractivity contribution in [3.63, 3.8) is 0 Å². The van der Waals surface area contributed by atoms with Crippen LogP contribution in [-0.2, 0) is 11.3 Å². The minimum atomic E-state index is -0.176. The van der Waals surface area contributed by atoms with E-state index in [0.717, 1.165) is 39.8 Å². The van der Waals surface area contributed by atoms with Crippen molar-refractivity contribution in [3.8, 4) is 5.75 Å². The fourth-order valence-electron chi connectivity index (χ4n) is 2.89. The number of ether oxygens (including phenoxy) is 2. The molecule has 3 rings (SSSR count). The molecular weight excluding hydrogens is 378 g/mol. The maximum Gasteiger partial charge on any atom is 0.275 e. The Kier molecular flexibility index (Phi) is 6.37. The fourth-order valence-corrected chi connectivity index (χ4v) is 3.30. The van der Waals surface area contributed by atoms with Crippen molar-refractivity contribution < 1.29 is 14.3 Å². The second kappa shape index (κ2) is 8.94. The first-order valence-corrected chi connectivity index (χ1v) is 9.47. The van der Waals surface area contributed by atoms with E-state index in [-0.39, 0.29) is 5.91 Å². The standard InChI is InChI=1S/C19H23N5O3S/c1-23(2)18-14(9-13-5-6-15(27-4)10-16(13)21-18)12-24(7-8-26-3)19(25)17-11-20-28-22-17/h5-6,9-11H,7-8,12H2,1-4H3.